The van der Waals surface area contributed by atoms with Gasteiger partial charge in [0.05, 0.1) is 12.2 Å². The molecule has 0 bridgehead atoms. The minimum Gasteiger partial charge on any atom is -0.360 e. The summed E-state index contributed by atoms with van der Waals surface area (Å²) in [5.74, 6) is 0.966. The second kappa shape index (κ2) is 6.87. The van der Waals surface area contributed by atoms with Gasteiger partial charge in [0.25, 0.3) is 0 Å². The normalized spacial score (nSPS) is 20.3. The molecule has 0 saturated carbocycles. The first-order valence-corrected chi connectivity index (χ1v) is 7.71. The summed E-state index contributed by atoms with van der Waals surface area (Å²) in [7, 11) is 0. The van der Waals surface area contributed by atoms with Crippen molar-refractivity contribution >= 4 is 0 Å². The Morgan fingerprint density at radius 2 is 2.19 bits per heavy atom. The van der Waals surface area contributed by atoms with E-state index in [0.717, 1.165) is 44.1 Å². The van der Waals surface area contributed by atoms with Crippen LogP contribution in [0.1, 0.15) is 23.4 Å². The highest BCUT2D eigenvalue weighted by molar-refractivity contribution is 5.16. The van der Waals surface area contributed by atoms with Gasteiger partial charge in [0, 0.05) is 18.7 Å². The molecule has 21 heavy (non-hydrogen) atoms. The molecule has 1 atom stereocenters. The summed E-state index contributed by atoms with van der Waals surface area (Å²) >= 11 is 0. The predicted molar refractivity (Wildman–Crippen MR) is 83.1 cm³/mol. The number of rotatable bonds is 4. The van der Waals surface area contributed by atoms with Crippen LogP contribution >= 0.6 is 0 Å². The van der Waals surface area contributed by atoms with Gasteiger partial charge in [0.1, 0.15) is 0 Å². The summed E-state index contributed by atoms with van der Waals surface area (Å²) in [6, 6.07) is 13.2. The molecular formula is C17H23N3O. The maximum absolute atomic E-state index is 5.35. The molecule has 1 unspecified atom stereocenters. The molecule has 1 aromatic carbocycles. The van der Waals surface area contributed by atoms with E-state index in [1.165, 1.54) is 12.0 Å². The Balaban J connectivity index is 1.60. The Hall–Kier alpha value is -1.65. The second-order valence-electron chi connectivity index (χ2n) is 5.86. The smallest absolute Gasteiger partial charge is 0.150 e. The summed E-state index contributed by atoms with van der Waals surface area (Å²) in [5, 5.41) is 7.64. The average molecular weight is 285 g/mol. The van der Waals surface area contributed by atoms with Gasteiger partial charge < -0.3 is 9.84 Å². The molecule has 4 nitrogen and oxygen atoms in total. The highest BCUT2D eigenvalue weighted by Crippen LogP contribution is 2.12. The van der Waals surface area contributed by atoms with Crippen molar-refractivity contribution in [3.63, 3.8) is 0 Å². The number of hydrogen-bond acceptors (Lipinski definition) is 4. The molecule has 4 heteroatoms. The SMILES string of the molecule is Cc1cc(CN2CCCNC(Cc3ccccc3)C2)on1. The van der Waals surface area contributed by atoms with E-state index in [1.54, 1.807) is 0 Å². The van der Waals surface area contributed by atoms with Crippen LogP contribution in [0.15, 0.2) is 40.9 Å². The van der Waals surface area contributed by atoms with Crippen LogP contribution in [0.4, 0.5) is 0 Å². The third-order valence-corrected chi connectivity index (χ3v) is 3.94. The topological polar surface area (TPSA) is 41.3 Å². The molecule has 2 heterocycles. The number of nitrogens with zero attached hydrogens (tertiary/aromatic N) is 2. The number of benzene rings is 1. The van der Waals surface area contributed by atoms with Crippen molar-refractivity contribution in [2.45, 2.75) is 32.4 Å². The molecule has 0 radical (unpaired) electrons. The van der Waals surface area contributed by atoms with Crippen LogP contribution in [0.2, 0.25) is 0 Å². The molecule has 1 N–H and O–H groups in total. The first-order chi connectivity index (χ1) is 10.3. The summed E-state index contributed by atoms with van der Waals surface area (Å²) in [6.07, 6.45) is 2.26. The van der Waals surface area contributed by atoms with Gasteiger partial charge in [-0.1, -0.05) is 35.5 Å². The molecule has 0 spiro atoms. The van der Waals surface area contributed by atoms with Crippen LogP contribution in [0.25, 0.3) is 0 Å². The summed E-state index contributed by atoms with van der Waals surface area (Å²) in [4.78, 5) is 2.47. The molecule has 0 amide bonds. The number of aryl methyl sites for hydroxylation is 1. The molecule has 112 valence electrons. The first kappa shape index (κ1) is 14.3. The van der Waals surface area contributed by atoms with E-state index in [9.17, 15) is 0 Å². The van der Waals surface area contributed by atoms with Gasteiger partial charge in [-0.2, -0.15) is 0 Å². The van der Waals surface area contributed by atoms with Crippen molar-refractivity contribution in [2.75, 3.05) is 19.6 Å². The van der Waals surface area contributed by atoms with E-state index in [0.29, 0.717) is 6.04 Å². The fraction of sp³-hybridized carbons (Fsp3) is 0.471. The Morgan fingerprint density at radius 1 is 1.33 bits per heavy atom. The van der Waals surface area contributed by atoms with Crippen molar-refractivity contribution in [3.8, 4) is 0 Å². The zero-order valence-electron chi connectivity index (χ0n) is 12.6. The van der Waals surface area contributed by atoms with Crippen molar-refractivity contribution in [1.82, 2.24) is 15.4 Å². The van der Waals surface area contributed by atoms with E-state index in [4.69, 9.17) is 4.52 Å². The van der Waals surface area contributed by atoms with Gasteiger partial charge in [-0.25, -0.2) is 0 Å². The third-order valence-electron chi connectivity index (χ3n) is 3.94. The van der Waals surface area contributed by atoms with Crippen molar-refractivity contribution in [2.24, 2.45) is 0 Å². The highest BCUT2D eigenvalue weighted by Gasteiger charge is 2.19. The van der Waals surface area contributed by atoms with Crippen LogP contribution in [0.5, 0.6) is 0 Å². The van der Waals surface area contributed by atoms with Crippen molar-refractivity contribution in [3.05, 3.63) is 53.4 Å². The van der Waals surface area contributed by atoms with E-state index in [1.807, 2.05) is 13.0 Å². The number of aromatic nitrogens is 1. The summed E-state index contributed by atoms with van der Waals surface area (Å²) in [5.41, 5.74) is 2.35. The molecule has 1 aromatic heterocycles. The van der Waals surface area contributed by atoms with Crippen LogP contribution in [0, 0.1) is 6.92 Å². The lowest BCUT2D eigenvalue weighted by Gasteiger charge is -2.23. The van der Waals surface area contributed by atoms with Crippen molar-refractivity contribution < 1.29 is 4.52 Å². The zero-order valence-corrected chi connectivity index (χ0v) is 12.6. The fourth-order valence-electron chi connectivity index (χ4n) is 2.97. The zero-order chi connectivity index (χ0) is 14.5. The standard InChI is InChI=1S/C17H23N3O/c1-14-10-17(21-19-14)13-20-9-5-8-18-16(12-20)11-15-6-3-2-4-7-15/h2-4,6-7,10,16,18H,5,8-9,11-13H2,1H3. The summed E-state index contributed by atoms with van der Waals surface area (Å²) in [6.45, 7) is 6.07. The average Bonchev–Trinajstić information content (AvgIpc) is 2.76. The second-order valence-corrected chi connectivity index (χ2v) is 5.86. The molecule has 1 aliphatic rings. The van der Waals surface area contributed by atoms with Gasteiger partial charge in [0.2, 0.25) is 0 Å². The minimum atomic E-state index is 0.499. The Labute approximate surface area is 126 Å². The minimum absolute atomic E-state index is 0.499. The molecule has 1 saturated heterocycles. The van der Waals surface area contributed by atoms with Gasteiger partial charge >= 0.3 is 0 Å². The van der Waals surface area contributed by atoms with Crippen LogP contribution in [-0.4, -0.2) is 35.7 Å². The molecule has 3 rings (SSSR count). The van der Waals surface area contributed by atoms with Gasteiger partial charge in [0.15, 0.2) is 5.76 Å². The van der Waals surface area contributed by atoms with E-state index >= 15 is 0 Å². The number of hydrogen-bond donors (Lipinski definition) is 1. The van der Waals surface area contributed by atoms with E-state index in [-0.39, 0.29) is 0 Å². The lowest BCUT2D eigenvalue weighted by atomic mass is 10.1. The Kier molecular flexibility index (Phi) is 4.68. The molecular weight excluding hydrogens is 262 g/mol. The number of nitrogens with one attached hydrogen (secondary N) is 1. The third kappa shape index (κ3) is 4.16. The quantitative estimate of drug-likeness (QED) is 0.936. The van der Waals surface area contributed by atoms with Crippen molar-refractivity contribution in [1.29, 1.82) is 0 Å². The molecule has 1 fully saturated rings. The summed E-state index contributed by atoms with van der Waals surface area (Å²) < 4.78 is 5.35. The molecule has 2 aromatic rings. The maximum Gasteiger partial charge on any atom is 0.150 e. The Bertz CT molecular complexity index is 552. The molecule has 1 aliphatic heterocycles. The lowest BCUT2D eigenvalue weighted by molar-refractivity contribution is 0.226. The lowest BCUT2D eigenvalue weighted by Crippen LogP contribution is -2.38. The van der Waals surface area contributed by atoms with E-state index < -0.39 is 0 Å². The predicted octanol–water partition coefficient (Wildman–Crippen LogP) is 2.39. The first-order valence-electron chi connectivity index (χ1n) is 7.71. The maximum atomic E-state index is 5.35. The van der Waals surface area contributed by atoms with E-state index in [2.05, 4.69) is 45.7 Å². The van der Waals surface area contributed by atoms with Gasteiger partial charge in [-0.05, 0) is 38.4 Å². The largest absolute Gasteiger partial charge is 0.360 e. The van der Waals surface area contributed by atoms with Gasteiger partial charge in [-0.3, -0.25) is 4.90 Å². The fourth-order valence-corrected chi connectivity index (χ4v) is 2.97. The highest BCUT2D eigenvalue weighted by atomic mass is 16.5. The monoisotopic (exact) mass is 285 g/mol. The Morgan fingerprint density at radius 3 is 2.95 bits per heavy atom. The molecule has 0 aliphatic carbocycles. The van der Waals surface area contributed by atoms with Gasteiger partial charge in [-0.15, -0.1) is 0 Å². The van der Waals surface area contributed by atoms with Crippen LogP contribution in [-0.2, 0) is 13.0 Å². The van der Waals surface area contributed by atoms with Crippen LogP contribution < -0.4 is 5.32 Å². The van der Waals surface area contributed by atoms with Crippen LogP contribution in [0.3, 0.4) is 0 Å².